The second kappa shape index (κ2) is 4.50. The SMILES string of the molecule is CCC12CC3CC(c4ccc(O)cc41)C(C2)N3CCC1CC1. The van der Waals surface area contributed by atoms with E-state index in [1.165, 1.54) is 57.1 Å². The average Bonchev–Trinajstić information content (AvgIpc) is 3.32. The standard InChI is InChI=1S/C20H27NO/c1-2-20-11-14-9-17(16-6-5-15(22)10-18(16)20)19(12-20)21(14)8-7-13-3-4-13/h5-6,10,13-14,17,19,22H,2-4,7-9,11-12H2,1H3. The first-order valence-corrected chi connectivity index (χ1v) is 9.29. The van der Waals surface area contributed by atoms with Crippen LogP contribution in [-0.4, -0.2) is 28.6 Å². The molecule has 0 amide bonds. The fourth-order valence-electron chi connectivity index (χ4n) is 5.93. The molecule has 2 aliphatic carbocycles. The number of benzene rings is 1. The van der Waals surface area contributed by atoms with Gasteiger partial charge in [-0.25, -0.2) is 0 Å². The second-order valence-electron chi connectivity index (χ2n) is 8.35. The Morgan fingerprint density at radius 2 is 2.14 bits per heavy atom. The third-order valence-corrected chi connectivity index (χ3v) is 7.29. The molecule has 22 heavy (non-hydrogen) atoms. The monoisotopic (exact) mass is 297 g/mol. The van der Waals surface area contributed by atoms with Crippen molar-refractivity contribution in [1.82, 2.24) is 4.90 Å². The van der Waals surface area contributed by atoms with Crippen molar-refractivity contribution in [1.29, 1.82) is 0 Å². The molecule has 1 N–H and O–H groups in total. The van der Waals surface area contributed by atoms with Gasteiger partial charge in [0.05, 0.1) is 0 Å². The zero-order chi connectivity index (χ0) is 14.9. The molecule has 0 radical (unpaired) electrons. The summed E-state index contributed by atoms with van der Waals surface area (Å²) < 4.78 is 0. The minimum absolute atomic E-state index is 0.340. The van der Waals surface area contributed by atoms with E-state index in [9.17, 15) is 5.11 Å². The molecule has 4 aliphatic rings. The van der Waals surface area contributed by atoms with E-state index in [2.05, 4.69) is 24.0 Å². The number of hydrogen-bond donors (Lipinski definition) is 1. The van der Waals surface area contributed by atoms with Crippen LogP contribution in [0.4, 0.5) is 0 Å². The lowest BCUT2D eigenvalue weighted by Gasteiger charge is -2.51. The van der Waals surface area contributed by atoms with Crippen molar-refractivity contribution in [3.63, 3.8) is 0 Å². The van der Waals surface area contributed by atoms with Gasteiger partial charge in [0.1, 0.15) is 5.75 Å². The predicted molar refractivity (Wildman–Crippen MR) is 88.3 cm³/mol. The van der Waals surface area contributed by atoms with Gasteiger partial charge < -0.3 is 5.11 Å². The minimum atomic E-state index is 0.340. The molecule has 4 unspecified atom stereocenters. The molecule has 1 aromatic rings. The molecule has 4 atom stereocenters. The van der Waals surface area contributed by atoms with Gasteiger partial charge in [-0.15, -0.1) is 0 Å². The van der Waals surface area contributed by atoms with Crippen molar-refractivity contribution in [2.24, 2.45) is 5.92 Å². The lowest BCUT2D eigenvalue weighted by Crippen LogP contribution is -2.52. The van der Waals surface area contributed by atoms with Crippen LogP contribution >= 0.6 is 0 Å². The summed E-state index contributed by atoms with van der Waals surface area (Å²) in [6, 6.07) is 7.80. The molecule has 1 saturated carbocycles. The first-order valence-electron chi connectivity index (χ1n) is 9.29. The van der Waals surface area contributed by atoms with E-state index in [0.29, 0.717) is 11.2 Å². The molecule has 1 aromatic carbocycles. The van der Waals surface area contributed by atoms with Gasteiger partial charge in [0.15, 0.2) is 0 Å². The van der Waals surface area contributed by atoms with E-state index in [1.807, 2.05) is 6.07 Å². The topological polar surface area (TPSA) is 23.5 Å². The number of fused-ring (bicyclic) bond motifs is 5. The molecule has 5 rings (SSSR count). The zero-order valence-electron chi connectivity index (χ0n) is 13.6. The summed E-state index contributed by atoms with van der Waals surface area (Å²) in [6.07, 6.45) is 9.61. The first-order chi connectivity index (χ1) is 10.7. The van der Waals surface area contributed by atoms with E-state index in [4.69, 9.17) is 0 Å². The number of piperidine rings is 1. The van der Waals surface area contributed by atoms with Crippen molar-refractivity contribution in [2.45, 2.75) is 75.3 Å². The van der Waals surface area contributed by atoms with Crippen LogP contribution in [0.5, 0.6) is 5.75 Å². The Hall–Kier alpha value is -1.02. The van der Waals surface area contributed by atoms with Crippen molar-refractivity contribution in [3.05, 3.63) is 29.3 Å². The Balaban J connectivity index is 1.53. The Labute approximate surface area is 133 Å². The van der Waals surface area contributed by atoms with E-state index in [-0.39, 0.29) is 0 Å². The Morgan fingerprint density at radius 3 is 2.91 bits per heavy atom. The third-order valence-electron chi connectivity index (χ3n) is 7.29. The molecule has 2 heterocycles. The maximum absolute atomic E-state index is 9.99. The minimum Gasteiger partial charge on any atom is -0.508 e. The Bertz CT molecular complexity index is 604. The van der Waals surface area contributed by atoms with Gasteiger partial charge in [0.25, 0.3) is 0 Å². The number of nitrogens with zero attached hydrogens (tertiary/aromatic N) is 1. The maximum Gasteiger partial charge on any atom is 0.115 e. The van der Waals surface area contributed by atoms with E-state index < -0.39 is 0 Å². The van der Waals surface area contributed by atoms with Crippen molar-refractivity contribution >= 4 is 0 Å². The van der Waals surface area contributed by atoms with Crippen LogP contribution in [-0.2, 0) is 5.41 Å². The Kier molecular flexibility index (Phi) is 2.75. The van der Waals surface area contributed by atoms with Crippen LogP contribution in [0, 0.1) is 5.92 Å². The average molecular weight is 297 g/mol. The van der Waals surface area contributed by atoms with Gasteiger partial charge in [-0.1, -0.05) is 25.8 Å². The molecule has 2 heteroatoms. The van der Waals surface area contributed by atoms with Crippen molar-refractivity contribution < 1.29 is 5.11 Å². The van der Waals surface area contributed by atoms with Crippen LogP contribution in [0.1, 0.15) is 68.9 Å². The summed E-state index contributed by atoms with van der Waals surface area (Å²) >= 11 is 0. The largest absolute Gasteiger partial charge is 0.508 e. The van der Waals surface area contributed by atoms with Crippen LogP contribution in [0.15, 0.2) is 18.2 Å². The van der Waals surface area contributed by atoms with Gasteiger partial charge in [0.2, 0.25) is 0 Å². The molecule has 2 saturated heterocycles. The molecule has 0 aromatic heterocycles. The van der Waals surface area contributed by atoms with Crippen LogP contribution < -0.4 is 0 Å². The molecular formula is C20H27NO. The fourth-order valence-corrected chi connectivity index (χ4v) is 5.93. The highest BCUT2D eigenvalue weighted by atomic mass is 16.3. The number of phenolic OH excluding ortho intramolecular Hbond substituents is 1. The van der Waals surface area contributed by atoms with Crippen LogP contribution in [0.3, 0.4) is 0 Å². The van der Waals surface area contributed by atoms with E-state index >= 15 is 0 Å². The Morgan fingerprint density at radius 1 is 1.27 bits per heavy atom. The van der Waals surface area contributed by atoms with Gasteiger partial charge in [0, 0.05) is 18.0 Å². The number of rotatable bonds is 4. The smallest absolute Gasteiger partial charge is 0.115 e. The van der Waals surface area contributed by atoms with Crippen LogP contribution in [0.2, 0.25) is 0 Å². The van der Waals surface area contributed by atoms with Crippen LogP contribution in [0.25, 0.3) is 0 Å². The molecule has 118 valence electrons. The second-order valence-corrected chi connectivity index (χ2v) is 8.35. The van der Waals surface area contributed by atoms with E-state index in [0.717, 1.165) is 23.9 Å². The lowest BCUT2D eigenvalue weighted by atomic mass is 9.62. The van der Waals surface area contributed by atoms with E-state index in [1.54, 1.807) is 5.56 Å². The molecular weight excluding hydrogens is 270 g/mol. The van der Waals surface area contributed by atoms with Gasteiger partial charge in [-0.05, 0) is 73.2 Å². The van der Waals surface area contributed by atoms with Crippen molar-refractivity contribution in [2.75, 3.05) is 6.54 Å². The van der Waals surface area contributed by atoms with Gasteiger partial charge in [-0.3, -0.25) is 4.90 Å². The highest BCUT2D eigenvalue weighted by molar-refractivity contribution is 5.48. The fraction of sp³-hybridized carbons (Fsp3) is 0.700. The summed E-state index contributed by atoms with van der Waals surface area (Å²) in [5.74, 6) is 2.23. The maximum atomic E-state index is 9.99. The highest BCUT2D eigenvalue weighted by Gasteiger charge is 2.57. The molecule has 3 bridgehead atoms. The summed E-state index contributed by atoms with van der Waals surface area (Å²) in [4.78, 5) is 2.88. The zero-order valence-corrected chi connectivity index (χ0v) is 13.6. The lowest BCUT2D eigenvalue weighted by molar-refractivity contribution is 0.0678. The molecule has 2 aliphatic heterocycles. The molecule has 0 spiro atoms. The summed E-state index contributed by atoms with van der Waals surface area (Å²) in [5, 5.41) is 9.99. The summed E-state index contributed by atoms with van der Waals surface area (Å²) in [5.41, 5.74) is 3.39. The normalized spacial score (nSPS) is 39.2. The van der Waals surface area contributed by atoms with Crippen molar-refractivity contribution in [3.8, 4) is 5.75 Å². The quantitative estimate of drug-likeness (QED) is 0.901. The van der Waals surface area contributed by atoms with Gasteiger partial charge >= 0.3 is 0 Å². The summed E-state index contributed by atoms with van der Waals surface area (Å²) in [6.45, 7) is 3.69. The summed E-state index contributed by atoms with van der Waals surface area (Å²) in [7, 11) is 0. The number of aromatic hydroxyl groups is 1. The highest BCUT2D eigenvalue weighted by Crippen LogP contribution is 2.60. The number of phenols is 1. The third kappa shape index (κ3) is 1.76. The molecule has 3 fully saturated rings. The van der Waals surface area contributed by atoms with Gasteiger partial charge in [-0.2, -0.15) is 0 Å². The molecule has 2 nitrogen and oxygen atoms in total. The number of hydrogen-bond acceptors (Lipinski definition) is 2. The predicted octanol–water partition coefficient (Wildman–Crippen LogP) is 4.17. The first kappa shape index (κ1) is 13.4.